The molecule has 3 aromatic rings. The van der Waals surface area contributed by atoms with E-state index in [9.17, 15) is 4.79 Å². The number of aryl methyl sites for hydroxylation is 1. The number of rotatable bonds is 5. The first-order valence-corrected chi connectivity index (χ1v) is 11.5. The second kappa shape index (κ2) is 9.61. The normalized spacial score (nSPS) is 15.3. The number of nitrogens with one attached hydrogen (secondary N) is 1. The maximum Gasteiger partial charge on any atom is 0.272 e. The zero-order valence-corrected chi connectivity index (χ0v) is 18.9. The zero-order valence-electron chi connectivity index (χ0n) is 18.1. The average molecular weight is 434 g/mol. The van der Waals surface area contributed by atoms with Crippen LogP contribution in [0.5, 0.6) is 0 Å². The van der Waals surface area contributed by atoms with Crippen LogP contribution in [0.4, 0.5) is 0 Å². The number of hydrazone groups is 1. The molecule has 31 heavy (non-hydrogen) atoms. The van der Waals surface area contributed by atoms with Crippen molar-refractivity contribution in [1.82, 2.24) is 10.4 Å². The van der Waals surface area contributed by atoms with E-state index in [1.54, 1.807) is 6.07 Å². The lowest BCUT2D eigenvalue weighted by Gasteiger charge is -2.21. The van der Waals surface area contributed by atoms with Gasteiger partial charge in [0.25, 0.3) is 5.91 Å². The molecule has 4 nitrogen and oxygen atoms in total. The van der Waals surface area contributed by atoms with E-state index in [1.165, 1.54) is 24.8 Å². The van der Waals surface area contributed by atoms with Crippen molar-refractivity contribution in [3.05, 3.63) is 64.7 Å². The molecular weight excluding hydrogens is 406 g/mol. The topological polar surface area (TPSA) is 54.4 Å². The second-order valence-electron chi connectivity index (χ2n) is 8.27. The number of aromatic nitrogens is 1. The fourth-order valence-electron chi connectivity index (χ4n) is 4.27. The standard InChI is InChI=1S/C26H28ClN3O/c1-3-18-12-14-20(15-13-18)24-16-22(21-10-7-11-23(27)25(21)28-24)26(31)30-29-17(2)19-8-5-4-6-9-19/h7,10-16,19H,3-6,8-9H2,1-2H3,(H,30,31). The molecule has 160 valence electrons. The van der Waals surface area contributed by atoms with Gasteiger partial charge in [-0.25, -0.2) is 10.4 Å². The molecule has 1 aliphatic rings. The quantitative estimate of drug-likeness (QED) is 0.355. The predicted molar refractivity (Wildman–Crippen MR) is 129 cm³/mol. The Kier molecular flexibility index (Phi) is 6.67. The Morgan fingerprint density at radius 3 is 2.58 bits per heavy atom. The van der Waals surface area contributed by atoms with Crippen LogP contribution in [0.15, 0.2) is 53.6 Å². The number of para-hydroxylation sites is 1. The molecular formula is C26H28ClN3O. The van der Waals surface area contributed by atoms with Gasteiger partial charge in [0.15, 0.2) is 0 Å². The average Bonchev–Trinajstić information content (AvgIpc) is 2.82. The van der Waals surface area contributed by atoms with E-state index in [2.05, 4.69) is 29.6 Å². The van der Waals surface area contributed by atoms with E-state index in [1.807, 2.05) is 37.3 Å². The lowest BCUT2D eigenvalue weighted by molar-refractivity contribution is 0.0956. The SMILES string of the molecule is CCc1ccc(-c2cc(C(=O)NN=C(C)C3CCCCC3)c3cccc(Cl)c3n2)cc1. The maximum atomic E-state index is 13.2. The van der Waals surface area contributed by atoms with Gasteiger partial charge in [0.1, 0.15) is 0 Å². The van der Waals surface area contributed by atoms with Gasteiger partial charge in [0.2, 0.25) is 0 Å². The predicted octanol–water partition coefficient (Wildman–Crippen LogP) is 6.80. The Hall–Kier alpha value is -2.72. The highest BCUT2D eigenvalue weighted by atomic mass is 35.5. The summed E-state index contributed by atoms with van der Waals surface area (Å²) in [6.07, 6.45) is 7.04. The first-order chi connectivity index (χ1) is 15.1. The summed E-state index contributed by atoms with van der Waals surface area (Å²) in [6, 6.07) is 15.6. The van der Waals surface area contributed by atoms with Crippen LogP contribution in [0.3, 0.4) is 0 Å². The van der Waals surface area contributed by atoms with E-state index in [4.69, 9.17) is 16.6 Å². The molecule has 1 fully saturated rings. The molecule has 2 aromatic carbocycles. The van der Waals surface area contributed by atoms with Crippen LogP contribution in [-0.4, -0.2) is 16.6 Å². The highest BCUT2D eigenvalue weighted by Gasteiger charge is 2.18. The molecule has 0 atom stereocenters. The minimum Gasteiger partial charge on any atom is -0.267 e. The second-order valence-corrected chi connectivity index (χ2v) is 8.68. The number of halogens is 1. The lowest BCUT2D eigenvalue weighted by atomic mass is 9.86. The van der Waals surface area contributed by atoms with Gasteiger partial charge in [0, 0.05) is 16.7 Å². The number of hydrogen-bond donors (Lipinski definition) is 1. The number of hydrogen-bond acceptors (Lipinski definition) is 3. The van der Waals surface area contributed by atoms with Crippen molar-refractivity contribution in [3.8, 4) is 11.3 Å². The smallest absolute Gasteiger partial charge is 0.267 e. The Morgan fingerprint density at radius 2 is 1.87 bits per heavy atom. The fourth-order valence-corrected chi connectivity index (χ4v) is 4.49. The number of amides is 1. The molecule has 5 heteroatoms. The number of fused-ring (bicyclic) bond motifs is 1. The van der Waals surface area contributed by atoms with E-state index in [0.717, 1.165) is 41.6 Å². The third-order valence-electron chi connectivity index (χ3n) is 6.22. The van der Waals surface area contributed by atoms with Crippen LogP contribution in [0.2, 0.25) is 5.02 Å². The van der Waals surface area contributed by atoms with Crippen molar-refractivity contribution in [2.24, 2.45) is 11.0 Å². The van der Waals surface area contributed by atoms with Gasteiger partial charge < -0.3 is 0 Å². The van der Waals surface area contributed by atoms with Crippen LogP contribution in [-0.2, 0) is 6.42 Å². The highest BCUT2D eigenvalue weighted by Crippen LogP contribution is 2.29. The van der Waals surface area contributed by atoms with Crippen LogP contribution in [0, 0.1) is 5.92 Å². The summed E-state index contributed by atoms with van der Waals surface area (Å²) >= 11 is 6.45. The molecule has 1 amide bonds. The highest BCUT2D eigenvalue weighted by molar-refractivity contribution is 6.35. The minimum absolute atomic E-state index is 0.240. The molecule has 0 bridgehead atoms. The third-order valence-corrected chi connectivity index (χ3v) is 6.53. The van der Waals surface area contributed by atoms with Gasteiger partial charge in [-0.2, -0.15) is 5.10 Å². The third kappa shape index (κ3) is 4.80. The van der Waals surface area contributed by atoms with Gasteiger partial charge in [-0.1, -0.05) is 74.2 Å². The van der Waals surface area contributed by atoms with Gasteiger partial charge in [-0.05, 0) is 49.8 Å². The van der Waals surface area contributed by atoms with Crippen LogP contribution in [0.1, 0.15) is 61.9 Å². The first-order valence-electron chi connectivity index (χ1n) is 11.1. The van der Waals surface area contributed by atoms with Crippen LogP contribution >= 0.6 is 11.6 Å². The Bertz CT molecular complexity index is 1120. The van der Waals surface area contributed by atoms with Gasteiger partial charge >= 0.3 is 0 Å². The van der Waals surface area contributed by atoms with Crippen molar-refractivity contribution in [2.75, 3.05) is 0 Å². The van der Waals surface area contributed by atoms with E-state index in [-0.39, 0.29) is 5.91 Å². The molecule has 1 aromatic heterocycles. The molecule has 1 aliphatic carbocycles. The summed E-state index contributed by atoms with van der Waals surface area (Å²) in [6.45, 7) is 4.14. The number of nitrogens with zero attached hydrogens (tertiary/aromatic N) is 2. The fraction of sp³-hybridized carbons (Fsp3) is 0.346. The summed E-state index contributed by atoms with van der Waals surface area (Å²) in [7, 11) is 0. The van der Waals surface area contributed by atoms with Gasteiger partial charge in [0.05, 0.1) is 21.8 Å². The van der Waals surface area contributed by atoms with E-state index >= 15 is 0 Å². The minimum atomic E-state index is -0.240. The summed E-state index contributed by atoms with van der Waals surface area (Å²) in [4.78, 5) is 17.9. The molecule has 0 unspecified atom stereocenters. The number of carbonyl (C=O) groups is 1. The molecule has 1 N–H and O–H groups in total. The van der Waals surface area contributed by atoms with Crippen LogP contribution in [0.25, 0.3) is 22.2 Å². The monoisotopic (exact) mass is 433 g/mol. The molecule has 4 rings (SSSR count). The number of carbonyl (C=O) groups excluding carboxylic acids is 1. The van der Waals surface area contributed by atoms with Gasteiger partial charge in [-0.3, -0.25) is 4.79 Å². The van der Waals surface area contributed by atoms with E-state index < -0.39 is 0 Å². The van der Waals surface area contributed by atoms with Crippen LogP contribution < -0.4 is 5.43 Å². The van der Waals surface area contributed by atoms with E-state index in [0.29, 0.717) is 22.0 Å². The summed E-state index contributed by atoms with van der Waals surface area (Å²) in [5.74, 6) is 0.224. The van der Waals surface area contributed by atoms with Gasteiger partial charge in [-0.15, -0.1) is 0 Å². The summed E-state index contributed by atoms with van der Waals surface area (Å²) < 4.78 is 0. The molecule has 0 aliphatic heterocycles. The Balaban J connectivity index is 1.69. The first kappa shape index (κ1) is 21.5. The number of benzene rings is 2. The zero-order chi connectivity index (χ0) is 21.8. The van der Waals surface area contributed by atoms with Crippen molar-refractivity contribution >= 4 is 34.1 Å². The summed E-state index contributed by atoms with van der Waals surface area (Å²) in [5, 5.41) is 5.70. The van der Waals surface area contributed by atoms with Crippen molar-refractivity contribution in [3.63, 3.8) is 0 Å². The Labute approximate surface area is 188 Å². The maximum absolute atomic E-state index is 13.2. The lowest BCUT2D eigenvalue weighted by Crippen LogP contribution is -2.23. The molecule has 0 radical (unpaired) electrons. The molecule has 0 saturated heterocycles. The van der Waals surface area contributed by atoms with Crippen molar-refractivity contribution in [2.45, 2.75) is 52.4 Å². The molecule has 1 saturated carbocycles. The molecule has 0 spiro atoms. The summed E-state index contributed by atoms with van der Waals surface area (Å²) in [5.41, 5.74) is 7.87. The van der Waals surface area contributed by atoms with Crippen molar-refractivity contribution in [1.29, 1.82) is 0 Å². The number of pyridine rings is 1. The Morgan fingerprint density at radius 1 is 1.13 bits per heavy atom. The van der Waals surface area contributed by atoms with Crippen molar-refractivity contribution < 1.29 is 4.79 Å². The largest absolute Gasteiger partial charge is 0.272 e. The molecule has 1 heterocycles.